The second-order valence-corrected chi connectivity index (χ2v) is 5.66. The number of furan rings is 1. The molecule has 0 fully saturated rings. The maximum atomic E-state index is 12.0. The third-order valence-corrected chi connectivity index (χ3v) is 3.95. The van der Waals surface area contributed by atoms with Gasteiger partial charge in [0.05, 0.1) is 18.6 Å². The highest BCUT2D eigenvalue weighted by molar-refractivity contribution is 5.91. The molecule has 0 bridgehead atoms. The number of nitrogens with zero attached hydrogens (tertiary/aromatic N) is 4. The summed E-state index contributed by atoms with van der Waals surface area (Å²) in [5, 5.41) is 0. The van der Waals surface area contributed by atoms with Crippen molar-refractivity contribution in [2.45, 2.75) is 26.1 Å². The van der Waals surface area contributed by atoms with E-state index in [4.69, 9.17) is 4.42 Å². The fourth-order valence-electron chi connectivity index (χ4n) is 2.70. The van der Waals surface area contributed by atoms with Crippen molar-refractivity contribution in [2.24, 2.45) is 0 Å². The minimum absolute atomic E-state index is 0.0505. The number of rotatable bonds is 3. The van der Waals surface area contributed by atoms with Gasteiger partial charge in [-0.1, -0.05) is 0 Å². The van der Waals surface area contributed by atoms with E-state index in [0.717, 1.165) is 31.0 Å². The Hall–Kier alpha value is -2.08. The molecule has 2 aromatic heterocycles. The van der Waals surface area contributed by atoms with E-state index in [-0.39, 0.29) is 11.9 Å². The Labute approximate surface area is 124 Å². The Bertz CT molecular complexity index is 630. The van der Waals surface area contributed by atoms with Gasteiger partial charge in [0, 0.05) is 45.5 Å². The summed E-state index contributed by atoms with van der Waals surface area (Å²) in [6, 6.07) is 2.16. The molecule has 6 nitrogen and oxygen atoms in total. The smallest absolute Gasteiger partial charge is 0.273 e. The number of hydrogen-bond acceptors (Lipinski definition) is 4. The first-order chi connectivity index (χ1) is 10.1. The van der Waals surface area contributed by atoms with E-state index in [0.29, 0.717) is 5.69 Å². The Morgan fingerprint density at radius 3 is 2.95 bits per heavy atom. The van der Waals surface area contributed by atoms with Gasteiger partial charge >= 0.3 is 0 Å². The molecule has 3 rings (SSSR count). The van der Waals surface area contributed by atoms with Crippen LogP contribution in [0.1, 0.15) is 34.8 Å². The summed E-state index contributed by atoms with van der Waals surface area (Å²) in [5.41, 5.74) is 1.68. The van der Waals surface area contributed by atoms with Crippen LogP contribution in [-0.4, -0.2) is 45.9 Å². The van der Waals surface area contributed by atoms with Crippen molar-refractivity contribution in [3.8, 4) is 0 Å². The van der Waals surface area contributed by atoms with Crippen LogP contribution in [-0.2, 0) is 13.1 Å². The summed E-state index contributed by atoms with van der Waals surface area (Å²) in [5.74, 6) is 0.903. The average molecular weight is 288 g/mol. The van der Waals surface area contributed by atoms with E-state index in [2.05, 4.69) is 21.4 Å². The molecule has 3 heterocycles. The molecule has 1 amide bonds. The minimum atomic E-state index is -0.0505. The number of fused-ring (bicyclic) bond motifs is 1. The lowest BCUT2D eigenvalue weighted by atomic mass is 10.2. The first-order valence-electron chi connectivity index (χ1n) is 7.10. The van der Waals surface area contributed by atoms with Crippen molar-refractivity contribution in [3.63, 3.8) is 0 Å². The number of carbonyl (C=O) groups is 1. The van der Waals surface area contributed by atoms with Crippen LogP contribution in [0.5, 0.6) is 0 Å². The third kappa shape index (κ3) is 2.58. The fourth-order valence-corrected chi connectivity index (χ4v) is 2.70. The highest BCUT2D eigenvalue weighted by Gasteiger charge is 2.28. The summed E-state index contributed by atoms with van der Waals surface area (Å²) in [4.78, 5) is 20.5. The molecule has 1 aliphatic heterocycles. The van der Waals surface area contributed by atoms with E-state index in [1.54, 1.807) is 31.5 Å². The van der Waals surface area contributed by atoms with Crippen molar-refractivity contribution < 1.29 is 9.21 Å². The Morgan fingerprint density at radius 1 is 1.48 bits per heavy atom. The van der Waals surface area contributed by atoms with E-state index in [9.17, 15) is 4.79 Å². The Balaban J connectivity index is 1.81. The van der Waals surface area contributed by atoms with Crippen LogP contribution >= 0.6 is 0 Å². The summed E-state index contributed by atoms with van der Waals surface area (Å²) in [6.07, 6.45) is 5.33. The maximum Gasteiger partial charge on any atom is 0.273 e. The molecule has 0 aromatic carbocycles. The first kappa shape index (κ1) is 13.9. The zero-order valence-corrected chi connectivity index (χ0v) is 12.6. The van der Waals surface area contributed by atoms with Crippen LogP contribution < -0.4 is 0 Å². The van der Waals surface area contributed by atoms with Gasteiger partial charge in [0.25, 0.3) is 5.91 Å². The quantitative estimate of drug-likeness (QED) is 0.863. The molecule has 0 N–H and O–H groups in total. The van der Waals surface area contributed by atoms with E-state index >= 15 is 0 Å². The highest BCUT2D eigenvalue weighted by atomic mass is 16.3. The molecular weight excluding hydrogens is 268 g/mol. The molecular formula is C15H20N4O2. The van der Waals surface area contributed by atoms with Crippen molar-refractivity contribution in [3.05, 3.63) is 41.9 Å². The van der Waals surface area contributed by atoms with Gasteiger partial charge in [-0.15, -0.1) is 0 Å². The van der Waals surface area contributed by atoms with Crippen molar-refractivity contribution >= 4 is 5.91 Å². The summed E-state index contributed by atoms with van der Waals surface area (Å²) in [6.45, 7) is 4.75. The Morgan fingerprint density at radius 2 is 2.29 bits per heavy atom. The van der Waals surface area contributed by atoms with Gasteiger partial charge in [-0.25, -0.2) is 4.98 Å². The normalized spacial score (nSPS) is 18.5. The summed E-state index contributed by atoms with van der Waals surface area (Å²) >= 11 is 0. The maximum absolute atomic E-state index is 12.0. The van der Waals surface area contributed by atoms with Gasteiger partial charge in [0.15, 0.2) is 0 Å². The molecule has 0 aliphatic carbocycles. The molecule has 0 saturated heterocycles. The standard InChI is InChI=1S/C15H20N4O2/c1-11-14-16-13(15(20)17(2)3)9-19(14)6-5-18(11)8-12-4-7-21-10-12/h4,7,9-11H,5-6,8H2,1-3H3. The molecule has 1 aliphatic rings. The van der Waals surface area contributed by atoms with Crippen LogP contribution in [0.15, 0.2) is 29.2 Å². The lowest BCUT2D eigenvalue weighted by molar-refractivity contribution is 0.0822. The largest absolute Gasteiger partial charge is 0.472 e. The third-order valence-electron chi connectivity index (χ3n) is 3.95. The van der Waals surface area contributed by atoms with Crippen LogP contribution in [0.3, 0.4) is 0 Å². The van der Waals surface area contributed by atoms with Crippen LogP contribution in [0, 0.1) is 0 Å². The topological polar surface area (TPSA) is 54.5 Å². The molecule has 112 valence electrons. The zero-order valence-electron chi connectivity index (χ0n) is 12.6. The molecule has 0 spiro atoms. The van der Waals surface area contributed by atoms with Crippen molar-refractivity contribution in [1.82, 2.24) is 19.4 Å². The second kappa shape index (κ2) is 5.37. The van der Waals surface area contributed by atoms with E-state index in [1.165, 1.54) is 0 Å². The molecule has 21 heavy (non-hydrogen) atoms. The number of hydrogen-bond donors (Lipinski definition) is 0. The van der Waals surface area contributed by atoms with E-state index in [1.807, 2.05) is 12.3 Å². The van der Waals surface area contributed by atoms with Crippen LogP contribution in [0.25, 0.3) is 0 Å². The number of carbonyl (C=O) groups excluding carboxylic acids is 1. The van der Waals surface area contributed by atoms with Gasteiger partial charge in [0.2, 0.25) is 0 Å². The fraction of sp³-hybridized carbons (Fsp3) is 0.467. The SMILES string of the molecule is CC1c2nc(C(=O)N(C)C)cn2CCN1Cc1ccoc1. The molecule has 0 saturated carbocycles. The van der Waals surface area contributed by atoms with Gasteiger partial charge < -0.3 is 13.9 Å². The lowest BCUT2D eigenvalue weighted by Crippen LogP contribution is -2.36. The van der Waals surface area contributed by atoms with Gasteiger partial charge in [0.1, 0.15) is 11.5 Å². The average Bonchev–Trinajstić information content (AvgIpc) is 3.10. The van der Waals surface area contributed by atoms with Gasteiger partial charge in [-0.3, -0.25) is 9.69 Å². The molecule has 6 heteroatoms. The van der Waals surface area contributed by atoms with Crippen LogP contribution in [0.2, 0.25) is 0 Å². The predicted octanol–water partition coefficient (Wildman–Crippen LogP) is 1.75. The number of imidazole rings is 1. The van der Waals surface area contributed by atoms with Crippen LogP contribution in [0.4, 0.5) is 0 Å². The highest BCUT2D eigenvalue weighted by Crippen LogP contribution is 2.26. The zero-order chi connectivity index (χ0) is 15.0. The molecule has 1 unspecified atom stereocenters. The molecule has 2 aromatic rings. The monoisotopic (exact) mass is 288 g/mol. The second-order valence-electron chi connectivity index (χ2n) is 5.66. The molecule has 1 atom stereocenters. The van der Waals surface area contributed by atoms with Gasteiger partial charge in [-0.05, 0) is 13.0 Å². The van der Waals surface area contributed by atoms with E-state index < -0.39 is 0 Å². The first-order valence-corrected chi connectivity index (χ1v) is 7.10. The molecule has 0 radical (unpaired) electrons. The number of aromatic nitrogens is 2. The number of amides is 1. The Kier molecular flexibility index (Phi) is 3.55. The lowest BCUT2D eigenvalue weighted by Gasteiger charge is -2.33. The van der Waals surface area contributed by atoms with Crippen molar-refractivity contribution in [2.75, 3.05) is 20.6 Å². The van der Waals surface area contributed by atoms with Crippen molar-refractivity contribution in [1.29, 1.82) is 0 Å². The predicted molar refractivity (Wildman–Crippen MR) is 77.8 cm³/mol. The summed E-state index contributed by atoms with van der Waals surface area (Å²) in [7, 11) is 3.49. The summed E-state index contributed by atoms with van der Waals surface area (Å²) < 4.78 is 7.22. The van der Waals surface area contributed by atoms with Gasteiger partial charge in [-0.2, -0.15) is 0 Å². The minimum Gasteiger partial charge on any atom is -0.472 e.